The van der Waals surface area contributed by atoms with Gasteiger partial charge in [-0.25, -0.2) is 0 Å². The Kier molecular flexibility index (Phi) is 2.86. The lowest BCUT2D eigenvalue weighted by Crippen LogP contribution is -2.32. The van der Waals surface area contributed by atoms with Gasteiger partial charge in [0.15, 0.2) is 0 Å². The topological polar surface area (TPSA) is 77.5 Å². The molecule has 4 rings (SSSR count). The van der Waals surface area contributed by atoms with Gasteiger partial charge in [0.2, 0.25) is 11.8 Å². The van der Waals surface area contributed by atoms with Crippen LogP contribution in [0.4, 0.5) is 5.69 Å². The Labute approximate surface area is 127 Å². The molecule has 2 amide bonds. The van der Waals surface area contributed by atoms with Crippen LogP contribution >= 0.6 is 0 Å². The van der Waals surface area contributed by atoms with Crippen LogP contribution in [0.1, 0.15) is 24.8 Å². The van der Waals surface area contributed by atoms with Crippen LogP contribution in [0.25, 0.3) is 0 Å². The van der Waals surface area contributed by atoms with Crippen LogP contribution in [0.3, 0.4) is 0 Å². The monoisotopic (exact) mass is 298 g/mol. The number of hydrogen-bond donors (Lipinski definition) is 0. The third-order valence-electron chi connectivity index (χ3n) is 5.47. The van der Waals surface area contributed by atoms with Crippen molar-refractivity contribution in [1.29, 1.82) is 0 Å². The summed E-state index contributed by atoms with van der Waals surface area (Å²) >= 11 is 0. The van der Waals surface area contributed by atoms with E-state index in [0.29, 0.717) is 23.1 Å². The minimum atomic E-state index is -1.15. The zero-order valence-corrected chi connectivity index (χ0v) is 12.0. The van der Waals surface area contributed by atoms with Gasteiger partial charge in [-0.3, -0.25) is 14.5 Å². The molecule has 5 nitrogen and oxygen atoms in total. The number of carboxylic acid groups (broad SMARTS) is 1. The highest BCUT2D eigenvalue weighted by atomic mass is 16.4. The van der Waals surface area contributed by atoms with E-state index in [0.717, 1.165) is 19.3 Å². The Morgan fingerprint density at radius 1 is 1.05 bits per heavy atom. The maximum atomic E-state index is 12.7. The van der Waals surface area contributed by atoms with Gasteiger partial charge in [-0.2, -0.15) is 0 Å². The van der Waals surface area contributed by atoms with E-state index in [1.165, 1.54) is 4.90 Å². The van der Waals surface area contributed by atoms with E-state index in [2.05, 4.69) is 0 Å². The Bertz CT molecular complexity index is 638. The molecule has 1 aliphatic heterocycles. The van der Waals surface area contributed by atoms with Crippen LogP contribution in [-0.2, 0) is 20.8 Å². The van der Waals surface area contributed by atoms with E-state index in [1.54, 1.807) is 24.3 Å². The molecule has 0 aromatic heterocycles. The van der Waals surface area contributed by atoms with Crippen LogP contribution in [0.15, 0.2) is 24.3 Å². The number of carbonyl (C=O) groups excluding carboxylic acids is 3. The molecule has 0 spiro atoms. The number of nitrogens with zero attached hydrogens (tertiary/aromatic N) is 1. The molecule has 0 N–H and O–H groups in total. The van der Waals surface area contributed by atoms with E-state index in [-0.39, 0.29) is 30.1 Å². The van der Waals surface area contributed by atoms with Crippen LogP contribution in [0, 0.1) is 23.7 Å². The van der Waals surface area contributed by atoms with Crippen molar-refractivity contribution in [3.8, 4) is 0 Å². The fraction of sp³-hybridized carbons (Fsp3) is 0.471. The Morgan fingerprint density at radius 2 is 1.59 bits per heavy atom. The first-order chi connectivity index (χ1) is 10.6. The highest BCUT2D eigenvalue weighted by Crippen LogP contribution is 2.56. The van der Waals surface area contributed by atoms with Gasteiger partial charge in [0.1, 0.15) is 0 Å². The second-order valence-electron chi connectivity index (χ2n) is 6.61. The van der Waals surface area contributed by atoms with Gasteiger partial charge in [-0.1, -0.05) is 12.1 Å². The second-order valence-corrected chi connectivity index (χ2v) is 6.61. The number of carboxylic acids is 1. The zero-order chi connectivity index (χ0) is 15.4. The summed E-state index contributed by atoms with van der Waals surface area (Å²) in [5.41, 5.74) is 1.15. The van der Waals surface area contributed by atoms with Crippen molar-refractivity contribution in [2.45, 2.75) is 25.7 Å². The van der Waals surface area contributed by atoms with Crippen molar-refractivity contribution in [2.75, 3.05) is 4.90 Å². The minimum absolute atomic E-state index is 0.0742. The molecule has 1 aromatic rings. The quantitative estimate of drug-likeness (QED) is 0.762. The van der Waals surface area contributed by atoms with E-state index in [1.807, 2.05) is 0 Å². The van der Waals surface area contributed by atoms with Gasteiger partial charge >= 0.3 is 0 Å². The number of amides is 2. The predicted molar refractivity (Wildman–Crippen MR) is 75.5 cm³/mol. The molecule has 3 aliphatic rings. The highest BCUT2D eigenvalue weighted by Gasteiger charge is 2.61. The van der Waals surface area contributed by atoms with Gasteiger partial charge in [-0.05, 0) is 48.8 Å². The number of anilines is 1. The number of carbonyl (C=O) groups is 3. The molecule has 1 heterocycles. The molecule has 2 aliphatic carbocycles. The molecule has 22 heavy (non-hydrogen) atoms. The summed E-state index contributed by atoms with van der Waals surface area (Å²) < 4.78 is 0. The number of rotatable bonds is 3. The first-order valence-electron chi connectivity index (χ1n) is 7.73. The first-order valence-corrected chi connectivity index (χ1v) is 7.73. The summed E-state index contributed by atoms with van der Waals surface area (Å²) in [6.07, 6.45) is 2.97. The molecular weight excluding hydrogens is 282 g/mol. The van der Waals surface area contributed by atoms with Crippen molar-refractivity contribution in [2.24, 2.45) is 23.7 Å². The highest BCUT2D eigenvalue weighted by molar-refractivity contribution is 6.22. The Hall–Kier alpha value is -2.17. The molecule has 4 atom stereocenters. The van der Waals surface area contributed by atoms with E-state index in [4.69, 9.17) is 0 Å². The summed E-state index contributed by atoms with van der Waals surface area (Å²) in [6.45, 7) is 0. The van der Waals surface area contributed by atoms with E-state index in [9.17, 15) is 19.5 Å². The van der Waals surface area contributed by atoms with Crippen LogP contribution in [-0.4, -0.2) is 17.8 Å². The molecule has 2 saturated carbocycles. The minimum Gasteiger partial charge on any atom is -0.550 e. The molecule has 114 valence electrons. The van der Waals surface area contributed by atoms with Crippen LogP contribution in [0.5, 0.6) is 0 Å². The maximum absolute atomic E-state index is 12.7. The third kappa shape index (κ3) is 1.81. The molecule has 3 fully saturated rings. The Balaban J connectivity index is 1.62. The van der Waals surface area contributed by atoms with Gasteiger partial charge in [0.25, 0.3) is 0 Å². The smallest absolute Gasteiger partial charge is 0.237 e. The molecule has 0 radical (unpaired) electrons. The largest absolute Gasteiger partial charge is 0.550 e. The molecular formula is C17H16NO4-. The predicted octanol–water partition coefficient (Wildman–Crippen LogP) is 0.514. The van der Waals surface area contributed by atoms with Gasteiger partial charge in [0.05, 0.1) is 17.5 Å². The number of aliphatic carboxylic acids is 1. The Morgan fingerprint density at radius 3 is 2.09 bits per heavy atom. The molecule has 2 bridgehead atoms. The second kappa shape index (κ2) is 4.66. The van der Waals surface area contributed by atoms with E-state index >= 15 is 0 Å². The van der Waals surface area contributed by atoms with Gasteiger partial charge in [-0.15, -0.1) is 0 Å². The number of imide groups is 1. The lowest BCUT2D eigenvalue weighted by molar-refractivity contribution is -0.304. The average molecular weight is 298 g/mol. The van der Waals surface area contributed by atoms with Crippen molar-refractivity contribution < 1.29 is 19.5 Å². The number of fused-ring (bicyclic) bond motifs is 5. The number of hydrogen-bond acceptors (Lipinski definition) is 4. The summed E-state index contributed by atoms with van der Waals surface area (Å²) in [7, 11) is 0. The molecule has 0 unspecified atom stereocenters. The van der Waals surface area contributed by atoms with Crippen molar-refractivity contribution in [3.05, 3.63) is 29.8 Å². The normalized spacial score (nSPS) is 32.6. The van der Waals surface area contributed by atoms with Crippen molar-refractivity contribution >= 4 is 23.5 Å². The number of benzene rings is 1. The molecule has 1 saturated heterocycles. The van der Waals surface area contributed by atoms with Gasteiger partial charge in [0, 0.05) is 12.4 Å². The standard InChI is InChI=1S/C17H17NO4/c19-13(20)7-9-1-5-12(6-2-9)18-16(21)14-10-3-4-11(8-10)15(14)17(18)22/h1-2,5-6,10-11,14-15H,3-4,7-8H2,(H,19,20)/p-1/t10-,11+,14-,15+. The summed E-state index contributed by atoms with van der Waals surface area (Å²) in [4.78, 5) is 37.2. The average Bonchev–Trinajstić information content (AvgIpc) is 3.14. The van der Waals surface area contributed by atoms with Crippen LogP contribution in [0.2, 0.25) is 0 Å². The van der Waals surface area contributed by atoms with Crippen molar-refractivity contribution in [3.63, 3.8) is 0 Å². The summed E-state index contributed by atoms with van der Waals surface area (Å²) in [6, 6.07) is 6.57. The zero-order valence-electron chi connectivity index (χ0n) is 12.0. The van der Waals surface area contributed by atoms with Gasteiger partial charge < -0.3 is 9.90 Å². The first kappa shape index (κ1) is 13.5. The molecule has 5 heteroatoms. The fourth-order valence-electron chi connectivity index (χ4n) is 4.59. The van der Waals surface area contributed by atoms with E-state index < -0.39 is 5.97 Å². The molecule has 1 aromatic carbocycles. The lowest BCUT2D eigenvalue weighted by Gasteiger charge is -2.19. The SMILES string of the molecule is O=C([O-])Cc1ccc(N2C(=O)[C@@H]3[C@@H]4CC[C@@H](C4)[C@@H]3C2=O)cc1. The lowest BCUT2D eigenvalue weighted by atomic mass is 9.81. The maximum Gasteiger partial charge on any atom is 0.237 e. The summed E-state index contributed by atoms with van der Waals surface area (Å²) in [5.74, 6) is -0.817. The summed E-state index contributed by atoms with van der Waals surface area (Å²) in [5, 5.41) is 10.6. The third-order valence-corrected chi connectivity index (χ3v) is 5.47. The van der Waals surface area contributed by atoms with Crippen molar-refractivity contribution in [1.82, 2.24) is 0 Å². The van der Waals surface area contributed by atoms with Crippen LogP contribution < -0.4 is 10.0 Å². The fourth-order valence-corrected chi connectivity index (χ4v) is 4.59.